The number of hydrogen-bond donors (Lipinski definition) is 4. The molecule has 0 radical (unpaired) electrons. The highest BCUT2D eigenvalue weighted by atomic mass is 32.2. The van der Waals surface area contributed by atoms with Crippen molar-refractivity contribution in [3.8, 4) is 0 Å². The molecular formula is C14H34O8S2. The van der Waals surface area contributed by atoms with E-state index in [9.17, 15) is 16.8 Å². The lowest BCUT2D eigenvalue weighted by Gasteiger charge is -2.01. The summed E-state index contributed by atoms with van der Waals surface area (Å²) in [5.41, 5.74) is 0. The van der Waals surface area contributed by atoms with E-state index in [2.05, 4.69) is 0 Å². The average Bonchev–Trinajstić information content (AvgIpc) is 2.37. The van der Waals surface area contributed by atoms with Crippen molar-refractivity contribution >= 4 is 20.2 Å². The molecule has 10 heteroatoms. The molecule has 0 unspecified atom stereocenters. The molecule has 0 fully saturated rings. The number of rotatable bonds is 11. The van der Waals surface area contributed by atoms with Crippen LogP contribution in [0, 0.1) is 0 Å². The fraction of sp³-hybridized carbons (Fsp3) is 1.00. The van der Waals surface area contributed by atoms with Crippen LogP contribution in [0.3, 0.4) is 0 Å². The van der Waals surface area contributed by atoms with E-state index < -0.39 is 20.2 Å². The zero-order chi connectivity index (χ0) is 19.5. The summed E-state index contributed by atoms with van der Waals surface area (Å²) < 4.78 is 51.7. The first kappa shape index (κ1) is 28.5. The Morgan fingerprint density at radius 1 is 0.500 bits per heavy atom. The first-order valence-electron chi connectivity index (χ1n) is 7.98. The van der Waals surface area contributed by atoms with Gasteiger partial charge < -0.3 is 10.2 Å². The second-order valence-electron chi connectivity index (χ2n) is 5.45. The first-order chi connectivity index (χ1) is 10.9. The Kier molecular flexibility index (Phi) is 22.7. The third-order valence-corrected chi connectivity index (χ3v) is 2.57. The third-order valence-electron chi connectivity index (χ3n) is 2.57. The van der Waals surface area contributed by atoms with Crippen LogP contribution in [0.25, 0.3) is 0 Å². The van der Waals surface area contributed by atoms with Gasteiger partial charge in [-0.25, -0.2) is 0 Å². The number of hydrogen-bond acceptors (Lipinski definition) is 6. The van der Waals surface area contributed by atoms with Crippen molar-refractivity contribution in [3.63, 3.8) is 0 Å². The van der Waals surface area contributed by atoms with E-state index in [0.717, 1.165) is 12.8 Å². The molecule has 0 aliphatic carbocycles. The molecule has 8 nitrogen and oxygen atoms in total. The summed E-state index contributed by atoms with van der Waals surface area (Å²) in [6.45, 7) is 0.697. The fourth-order valence-electron chi connectivity index (χ4n) is 1.64. The minimum atomic E-state index is -3.67. The Hall–Kier alpha value is -0.260. The van der Waals surface area contributed by atoms with Gasteiger partial charge in [0.1, 0.15) is 0 Å². The van der Waals surface area contributed by atoms with Gasteiger partial charge in [0.25, 0.3) is 20.2 Å². The second kappa shape index (κ2) is 19.1. The number of aliphatic hydroxyl groups is 2. The first-order valence-corrected chi connectivity index (χ1v) is 11.7. The molecule has 0 bridgehead atoms. The van der Waals surface area contributed by atoms with E-state index in [1.54, 1.807) is 0 Å². The summed E-state index contributed by atoms with van der Waals surface area (Å²) in [5, 5.41) is 17.1. The molecule has 24 heavy (non-hydrogen) atoms. The maximum Gasteiger partial charge on any atom is 0.261 e. The maximum atomic E-state index is 9.19. The lowest BCUT2D eigenvalue weighted by molar-refractivity contribution is 0.281. The summed E-state index contributed by atoms with van der Waals surface area (Å²) in [7, 11) is -7.33. The van der Waals surface area contributed by atoms with Crippen LogP contribution >= 0.6 is 0 Å². The zero-order valence-electron chi connectivity index (χ0n) is 14.7. The molecule has 0 saturated heterocycles. The quantitative estimate of drug-likeness (QED) is 0.306. The molecule has 0 aromatic heterocycles. The molecule has 0 saturated carbocycles. The second-order valence-corrected chi connectivity index (χ2v) is 8.38. The zero-order valence-corrected chi connectivity index (χ0v) is 16.4. The smallest absolute Gasteiger partial charge is 0.261 e. The van der Waals surface area contributed by atoms with Gasteiger partial charge in [0.15, 0.2) is 0 Å². The van der Waals surface area contributed by atoms with Crippen molar-refractivity contribution in [2.75, 3.05) is 25.7 Å². The molecule has 0 aliphatic heterocycles. The third kappa shape index (κ3) is 81.1. The van der Waals surface area contributed by atoms with Gasteiger partial charge >= 0.3 is 0 Å². The van der Waals surface area contributed by atoms with Crippen molar-refractivity contribution in [1.82, 2.24) is 0 Å². The van der Waals surface area contributed by atoms with Crippen LogP contribution in [0.15, 0.2) is 0 Å². The van der Waals surface area contributed by atoms with E-state index in [4.69, 9.17) is 19.3 Å². The Morgan fingerprint density at radius 2 is 0.625 bits per heavy atom. The highest BCUT2D eigenvalue weighted by molar-refractivity contribution is 7.85. The van der Waals surface area contributed by atoms with Crippen LogP contribution in [-0.2, 0) is 20.2 Å². The summed E-state index contributed by atoms with van der Waals surface area (Å²) in [6.07, 6.45) is 13.6. The van der Waals surface area contributed by atoms with Gasteiger partial charge in [-0.15, -0.1) is 0 Å². The van der Waals surface area contributed by atoms with E-state index in [-0.39, 0.29) is 0 Å². The minimum absolute atomic E-state index is 0.348. The molecule has 0 aliphatic rings. The molecule has 0 aromatic rings. The summed E-state index contributed by atoms with van der Waals surface area (Å²) in [6, 6.07) is 0. The lowest BCUT2D eigenvalue weighted by atomic mass is 10.1. The van der Waals surface area contributed by atoms with E-state index in [0.29, 0.717) is 25.7 Å². The summed E-state index contributed by atoms with van der Waals surface area (Å²) in [4.78, 5) is 0. The normalized spacial score (nSPS) is 11.1. The van der Waals surface area contributed by atoms with E-state index in [1.807, 2.05) is 0 Å². The van der Waals surface area contributed by atoms with Gasteiger partial charge in [0.2, 0.25) is 0 Å². The van der Waals surface area contributed by atoms with Crippen LogP contribution in [-0.4, -0.2) is 61.9 Å². The van der Waals surface area contributed by atoms with Crippen molar-refractivity contribution < 1.29 is 36.2 Å². The Morgan fingerprint density at radius 3 is 0.750 bits per heavy atom. The summed E-state index contributed by atoms with van der Waals surface area (Å²) in [5.74, 6) is 0. The molecular weight excluding hydrogens is 360 g/mol. The highest BCUT2D eigenvalue weighted by Crippen LogP contribution is 2.10. The monoisotopic (exact) mass is 394 g/mol. The van der Waals surface area contributed by atoms with Crippen molar-refractivity contribution in [1.29, 1.82) is 0 Å². The summed E-state index contributed by atoms with van der Waals surface area (Å²) >= 11 is 0. The van der Waals surface area contributed by atoms with Crippen LogP contribution < -0.4 is 0 Å². The van der Waals surface area contributed by atoms with Crippen LogP contribution in [0.1, 0.15) is 64.2 Å². The molecule has 0 heterocycles. The maximum absolute atomic E-state index is 9.19. The highest BCUT2D eigenvalue weighted by Gasteiger charge is 1.92. The molecule has 4 N–H and O–H groups in total. The average molecular weight is 395 g/mol. The van der Waals surface area contributed by atoms with Crippen LogP contribution in [0.5, 0.6) is 0 Å². The van der Waals surface area contributed by atoms with Gasteiger partial charge in [-0.1, -0.05) is 51.4 Å². The van der Waals surface area contributed by atoms with Crippen molar-refractivity contribution in [2.45, 2.75) is 64.2 Å². The van der Waals surface area contributed by atoms with E-state index >= 15 is 0 Å². The van der Waals surface area contributed by atoms with Gasteiger partial charge in [0, 0.05) is 13.2 Å². The number of unbranched alkanes of at least 4 members (excludes halogenated alkanes) is 9. The van der Waals surface area contributed by atoms with Gasteiger partial charge in [-0.05, 0) is 12.8 Å². The molecule has 0 aromatic carbocycles. The van der Waals surface area contributed by atoms with E-state index in [1.165, 1.54) is 51.4 Å². The minimum Gasteiger partial charge on any atom is -0.396 e. The van der Waals surface area contributed by atoms with Crippen molar-refractivity contribution in [2.24, 2.45) is 0 Å². The van der Waals surface area contributed by atoms with Crippen molar-refractivity contribution in [3.05, 3.63) is 0 Å². The Labute approximate surface area is 146 Å². The molecule has 0 spiro atoms. The lowest BCUT2D eigenvalue weighted by Crippen LogP contribution is -1.88. The van der Waals surface area contributed by atoms with Gasteiger partial charge in [-0.2, -0.15) is 16.8 Å². The van der Waals surface area contributed by atoms with Gasteiger partial charge in [-0.3, -0.25) is 9.11 Å². The predicted molar refractivity (Wildman–Crippen MR) is 95.3 cm³/mol. The largest absolute Gasteiger partial charge is 0.396 e. The topological polar surface area (TPSA) is 149 Å². The van der Waals surface area contributed by atoms with Crippen LogP contribution in [0.4, 0.5) is 0 Å². The van der Waals surface area contributed by atoms with Crippen LogP contribution in [0.2, 0.25) is 0 Å². The predicted octanol–water partition coefficient (Wildman–Crippen LogP) is 1.88. The van der Waals surface area contributed by atoms with Gasteiger partial charge in [0.05, 0.1) is 12.5 Å². The number of aliphatic hydroxyl groups excluding tert-OH is 2. The molecule has 0 amide bonds. The Bertz CT molecular complexity index is 374. The fourth-order valence-corrected chi connectivity index (χ4v) is 1.64. The Balaban J connectivity index is -0.000000361. The standard InChI is InChI=1S/C12H26O2.2CH4O3S/c13-11-9-7-5-3-1-2-4-6-8-10-12-14;2*1-5(2,3)4/h13-14H,1-12H2;2*1H3,(H,2,3,4). The molecule has 150 valence electrons. The SMILES string of the molecule is CS(=O)(=O)O.CS(=O)(=O)O.OCCCCCCCCCCCCO. The molecule has 0 atom stereocenters. The molecule has 0 rings (SSSR count).